The summed E-state index contributed by atoms with van der Waals surface area (Å²) in [5.41, 5.74) is 5.67. The Bertz CT molecular complexity index is 435. The third-order valence-electron chi connectivity index (χ3n) is 3.20. The van der Waals surface area contributed by atoms with Gasteiger partial charge in [-0.15, -0.1) is 11.8 Å². The van der Waals surface area contributed by atoms with E-state index in [0.717, 1.165) is 10.6 Å². The normalized spacial score (nSPS) is 15.9. The molecule has 0 aliphatic heterocycles. The Balaban J connectivity index is 1.78. The highest BCUT2D eigenvalue weighted by Gasteiger charge is 2.31. The fourth-order valence-corrected chi connectivity index (χ4v) is 2.71. The third-order valence-corrected chi connectivity index (χ3v) is 4.20. The molecule has 3 N–H and O–H groups in total. The number of carbonyl (C=O) groups is 1. The zero-order chi connectivity index (χ0) is 13.7. The van der Waals surface area contributed by atoms with E-state index in [1.807, 2.05) is 24.3 Å². The number of ether oxygens (including phenoxy) is 1. The zero-order valence-corrected chi connectivity index (χ0v) is 11.9. The van der Waals surface area contributed by atoms with Gasteiger partial charge in [-0.3, -0.25) is 4.79 Å². The van der Waals surface area contributed by atoms with Crippen LogP contribution in [-0.2, 0) is 4.79 Å². The number of nitrogens with one attached hydrogen (secondary N) is 1. The lowest BCUT2D eigenvalue weighted by Gasteiger charge is -2.15. The van der Waals surface area contributed by atoms with E-state index in [9.17, 15) is 4.79 Å². The number of rotatable bonds is 7. The van der Waals surface area contributed by atoms with Crippen molar-refractivity contribution in [1.82, 2.24) is 5.32 Å². The molecule has 1 aliphatic rings. The third kappa shape index (κ3) is 4.44. The minimum Gasteiger partial charge on any atom is -0.497 e. The predicted octanol–water partition coefficient (Wildman–Crippen LogP) is 1.64. The van der Waals surface area contributed by atoms with E-state index in [1.165, 1.54) is 24.6 Å². The summed E-state index contributed by atoms with van der Waals surface area (Å²) in [5.74, 6) is 1.87. The average molecular weight is 280 g/mol. The first kappa shape index (κ1) is 14.2. The molecule has 1 aromatic rings. The monoisotopic (exact) mass is 280 g/mol. The van der Waals surface area contributed by atoms with Gasteiger partial charge in [0.25, 0.3) is 0 Å². The maximum Gasteiger partial charge on any atom is 0.230 e. The first-order valence-corrected chi connectivity index (χ1v) is 7.47. The largest absolute Gasteiger partial charge is 0.497 e. The smallest absolute Gasteiger partial charge is 0.230 e. The number of carbonyl (C=O) groups excluding carboxylic acids is 1. The maximum absolute atomic E-state index is 11.9. The molecule has 0 spiro atoms. The van der Waals surface area contributed by atoms with Crippen LogP contribution in [0.1, 0.15) is 12.8 Å². The molecule has 1 saturated carbocycles. The molecule has 2 rings (SSSR count). The van der Waals surface area contributed by atoms with E-state index in [4.69, 9.17) is 10.5 Å². The van der Waals surface area contributed by atoms with Gasteiger partial charge in [-0.25, -0.2) is 0 Å². The Morgan fingerprint density at radius 2 is 2.37 bits per heavy atom. The van der Waals surface area contributed by atoms with Crippen LogP contribution in [0.4, 0.5) is 0 Å². The van der Waals surface area contributed by atoms with Crippen molar-refractivity contribution in [3.63, 3.8) is 0 Å². The second-order valence-electron chi connectivity index (χ2n) is 4.71. The van der Waals surface area contributed by atoms with Gasteiger partial charge in [0.2, 0.25) is 5.91 Å². The summed E-state index contributed by atoms with van der Waals surface area (Å²) in [5, 5.41) is 3.01. The van der Waals surface area contributed by atoms with E-state index in [-0.39, 0.29) is 11.9 Å². The first-order chi connectivity index (χ1) is 9.22. The molecule has 0 aromatic heterocycles. The van der Waals surface area contributed by atoms with E-state index < -0.39 is 0 Å². The van der Waals surface area contributed by atoms with Gasteiger partial charge in [-0.05, 0) is 37.0 Å². The second-order valence-corrected chi connectivity index (χ2v) is 5.76. The van der Waals surface area contributed by atoms with Gasteiger partial charge in [0.15, 0.2) is 0 Å². The zero-order valence-electron chi connectivity index (χ0n) is 11.1. The number of thioether (sulfide) groups is 1. The molecule has 0 bridgehead atoms. The van der Waals surface area contributed by atoms with Crippen molar-refractivity contribution in [3.8, 4) is 5.75 Å². The minimum absolute atomic E-state index is 0.0511. The van der Waals surface area contributed by atoms with Crippen LogP contribution in [0.15, 0.2) is 29.2 Å². The van der Waals surface area contributed by atoms with Crippen molar-refractivity contribution in [2.24, 2.45) is 11.7 Å². The van der Waals surface area contributed by atoms with Gasteiger partial charge in [-0.2, -0.15) is 0 Å². The Kier molecular flexibility index (Phi) is 5.10. The van der Waals surface area contributed by atoms with Crippen LogP contribution in [0.2, 0.25) is 0 Å². The summed E-state index contributed by atoms with van der Waals surface area (Å²) < 4.78 is 5.15. The molecular weight excluding hydrogens is 260 g/mol. The van der Waals surface area contributed by atoms with Crippen LogP contribution in [0.5, 0.6) is 5.75 Å². The Morgan fingerprint density at radius 3 is 3.00 bits per heavy atom. The quantitative estimate of drug-likeness (QED) is 0.745. The number of amides is 1. The van der Waals surface area contributed by atoms with Crippen LogP contribution in [0.3, 0.4) is 0 Å². The lowest BCUT2D eigenvalue weighted by molar-refractivity contribution is -0.119. The van der Waals surface area contributed by atoms with Crippen molar-refractivity contribution in [2.45, 2.75) is 23.8 Å². The van der Waals surface area contributed by atoms with Gasteiger partial charge in [0.05, 0.1) is 12.9 Å². The molecule has 1 fully saturated rings. The minimum atomic E-state index is 0.0511. The summed E-state index contributed by atoms with van der Waals surface area (Å²) >= 11 is 1.51. The van der Waals surface area contributed by atoms with Crippen LogP contribution < -0.4 is 15.8 Å². The van der Waals surface area contributed by atoms with Crippen LogP contribution in [0.25, 0.3) is 0 Å². The molecule has 0 radical (unpaired) electrons. The van der Waals surface area contributed by atoms with Crippen LogP contribution >= 0.6 is 11.8 Å². The highest BCUT2D eigenvalue weighted by molar-refractivity contribution is 8.00. The molecular formula is C14H20N2O2S. The standard InChI is InChI=1S/C14H20N2O2S/c1-18-11-3-2-4-12(7-11)19-9-14(17)16-13(8-15)10-5-6-10/h2-4,7,10,13H,5-6,8-9,15H2,1H3,(H,16,17). The van der Waals surface area contributed by atoms with E-state index in [0.29, 0.717) is 18.2 Å². The fourth-order valence-electron chi connectivity index (χ4n) is 1.96. The van der Waals surface area contributed by atoms with Gasteiger partial charge in [0, 0.05) is 17.5 Å². The van der Waals surface area contributed by atoms with Crippen LogP contribution in [0, 0.1) is 5.92 Å². The van der Waals surface area contributed by atoms with E-state index in [1.54, 1.807) is 7.11 Å². The van der Waals surface area contributed by atoms with Gasteiger partial charge in [0.1, 0.15) is 5.75 Å². The lowest BCUT2D eigenvalue weighted by Crippen LogP contribution is -2.42. The summed E-state index contributed by atoms with van der Waals surface area (Å²) in [6.07, 6.45) is 2.37. The number of hydrogen-bond acceptors (Lipinski definition) is 4. The molecule has 104 valence electrons. The molecule has 1 amide bonds. The maximum atomic E-state index is 11.9. The average Bonchev–Trinajstić information content (AvgIpc) is 3.27. The molecule has 0 saturated heterocycles. The van der Waals surface area contributed by atoms with E-state index in [2.05, 4.69) is 5.32 Å². The summed E-state index contributed by atoms with van der Waals surface area (Å²) in [6, 6.07) is 7.87. The molecule has 1 unspecified atom stereocenters. The van der Waals surface area contributed by atoms with Crippen molar-refractivity contribution in [3.05, 3.63) is 24.3 Å². The molecule has 1 atom stereocenters. The van der Waals surface area contributed by atoms with Gasteiger partial charge in [-0.1, -0.05) is 6.07 Å². The van der Waals surface area contributed by atoms with Crippen molar-refractivity contribution < 1.29 is 9.53 Å². The van der Waals surface area contributed by atoms with Crippen molar-refractivity contribution in [1.29, 1.82) is 0 Å². The Hall–Kier alpha value is -1.20. The highest BCUT2D eigenvalue weighted by atomic mass is 32.2. The van der Waals surface area contributed by atoms with Crippen molar-refractivity contribution >= 4 is 17.7 Å². The molecule has 5 heteroatoms. The predicted molar refractivity (Wildman–Crippen MR) is 77.4 cm³/mol. The number of benzene rings is 1. The molecule has 4 nitrogen and oxygen atoms in total. The highest BCUT2D eigenvalue weighted by Crippen LogP contribution is 2.32. The summed E-state index contributed by atoms with van der Waals surface area (Å²) in [4.78, 5) is 12.9. The van der Waals surface area contributed by atoms with E-state index >= 15 is 0 Å². The topological polar surface area (TPSA) is 64.3 Å². The number of nitrogens with two attached hydrogens (primary N) is 1. The summed E-state index contributed by atoms with van der Waals surface area (Å²) in [7, 11) is 1.64. The Labute approximate surface area is 118 Å². The van der Waals surface area contributed by atoms with Gasteiger partial charge < -0.3 is 15.8 Å². The summed E-state index contributed by atoms with van der Waals surface area (Å²) in [6.45, 7) is 0.528. The number of hydrogen-bond donors (Lipinski definition) is 2. The second kappa shape index (κ2) is 6.82. The molecule has 1 aromatic carbocycles. The van der Waals surface area contributed by atoms with Crippen LogP contribution in [-0.4, -0.2) is 31.4 Å². The lowest BCUT2D eigenvalue weighted by atomic mass is 10.2. The van der Waals surface area contributed by atoms with Gasteiger partial charge >= 0.3 is 0 Å². The Morgan fingerprint density at radius 1 is 1.58 bits per heavy atom. The number of methoxy groups -OCH3 is 1. The molecule has 19 heavy (non-hydrogen) atoms. The SMILES string of the molecule is COc1cccc(SCC(=O)NC(CN)C2CC2)c1. The molecule has 0 heterocycles. The molecule has 1 aliphatic carbocycles. The fraction of sp³-hybridized carbons (Fsp3) is 0.500. The first-order valence-electron chi connectivity index (χ1n) is 6.49. The van der Waals surface area contributed by atoms with Crippen molar-refractivity contribution in [2.75, 3.05) is 19.4 Å².